The Kier molecular flexibility index (Phi) is 4.19. The summed E-state index contributed by atoms with van der Waals surface area (Å²) in [4.78, 5) is 12.1. The number of carbonyl (C=O) groups is 1. The highest BCUT2D eigenvalue weighted by Gasteiger charge is 2.27. The van der Waals surface area contributed by atoms with Crippen LogP contribution in [0.2, 0.25) is 0 Å². The molecule has 0 radical (unpaired) electrons. The second kappa shape index (κ2) is 5.27. The minimum absolute atomic E-state index is 0.329. The normalized spacial score (nSPS) is 12.9. The molecule has 0 spiro atoms. The molecule has 4 N–H and O–H groups in total. The third-order valence-corrected chi connectivity index (χ3v) is 2.95. The molecule has 18 heavy (non-hydrogen) atoms. The number of nitrogens with one attached hydrogen (secondary N) is 1. The summed E-state index contributed by atoms with van der Waals surface area (Å²) in [6.07, 6.45) is -0.673. The first-order chi connectivity index (χ1) is 8.27. The minimum Gasteiger partial charge on any atom is -0.496 e. The van der Waals surface area contributed by atoms with E-state index in [1.54, 1.807) is 39.0 Å². The van der Waals surface area contributed by atoms with Gasteiger partial charge in [-0.1, -0.05) is 0 Å². The van der Waals surface area contributed by atoms with E-state index < -0.39 is 11.6 Å². The molecule has 0 bridgehead atoms. The number of aliphatic hydroxyl groups is 1. The van der Waals surface area contributed by atoms with Crippen molar-refractivity contribution in [1.82, 2.24) is 5.32 Å². The molecule has 0 fully saturated rings. The zero-order valence-corrected chi connectivity index (χ0v) is 11.2. The van der Waals surface area contributed by atoms with E-state index in [2.05, 4.69) is 5.32 Å². The first-order valence-electron chi connectivity index (χ1n) is 5.72. The Morgan fingerprint density at radius 2 is 2.11 bits per heavy atom. The zero-order valence-electron chi connectivity index (χ0n) is 11.2. The Morgan fingerprint density at radius 1 is 1.50 bits per heavy atom. The van der Waals surface area contributed by atoms with Gasteiger partial charge in [0, 0.05) is 5.69 Å². The van der Waals surface area contributed by atoms with Gasteiger partial charge in [-0.15, -0.1) is 0 Å². The van der Waals surface area contributed by atoms with E-state index >= 15 is 0 Å². The maximum atomic E-state index is 12.1. The van der Waals surface area contributed by atoms with Crippen LogP contribution >= 0.6 is 0 Å². The summed E-state index contributed by atoms with van der Waals surface area (Å²) >= 11 is 0. The molecule has 100 valence electrons. The summed E-state index contributed by atoms with van der Waals surface area (Å²) in [5.41, 5.74) is 5.76. The third-order valence-electron chi connectivity index (χ3n) is 2.95. The number of hydrogen-bond donors (Lipinski definition) is 3. The summed E-state index contributed by atoms with van der Waals surface area (Å²) in [7, 11) is 1.49. The van der Waals surface area contributed by atoms with Gasteiger partial charge in [0.05, 0.1) is 24.3 Å². The number of methoxy groups -OCH3 is 1. The van der Waals surface area contributed by atoms with Gasteiger partial charge in [0.25, 0.3) is 5.91 Å². The Hall–Kier alpha value is -1.75. The Labute approximate surface area is 107 Å². The molecule has 1 rings (SSSR count). The molecule has 1 unspecified atom stereocenters. The Bertz CT molecular complexity index is 442. The SMILES string of the molecule is COc1ccc(N)cc1C(=O)NC(C)(C)C(C)O. The summed E-state index contributed by atoms with van der Waals surface area (Å²) in [5, 5.41) is 12.3. The van der Waals surface area contributed by atoms with Gasteiger partial charge in [0.1, 0.15) is 5.75 Å². The van der Waals surface area contributed by atoms with Gasteiger partial charge in [-0.25, -0.2) is 0 Å². The number of anilines is 1. The van der Waals surface area contributed by atoms with Crippen molar-refractivity contribution in [3.05, 3.63) is 23.8 Å². The van der Waals surface area contributed by atoms with Crippen LogP contribution < -0.4 is 15.8 Å². The quantitative estimate of drug-likeness (QED) is 0.702. The number of benzene rings is 1. The molecule has 0 aromatic heterocycles. The molecule has 0 aliphatic heterocycles. The molecule has 1 aromatic carbocycles. The van der Waals surface area contributed by atoms with Gasteiger partial charge in [-0.2, -0.15) is 0 Å². The number of nitrogens with two attached hydrogens (primary N) is 1. The fourth-order valence-electron chi connectivity index (χ4n) is 1.37. The van der Waals surface area contributed by atoms with Gasteiger partial charge in [-0.05, 0) is 39.0 Å². The summed E-state index contributed by atoms with van der Waals surface area (Å²) in [5.74, 6) is 0.119. The van der Waals surface area contributed by atoms with Crippen LogP contribution in [-0.2, 0) is 0 Å². The molecule has 1 aromatic rings. The van der Waals surface area contributed by atoms with E-state index in [1.165, 1.54) is 7.11 Å². The van der Waals surface area contributed by atoms with Gasteiger partial charge in [0.15, 0.2) is 0 Å². The lowest BCUT2D eigenvalue weighted by Gasteiger charge is -2.29. The average molecular weight is 252 g/mol. The van der Waals surface area contributed by atoms with Crippen LogP contribution in [0.1, 0.15) is 31.1 Å². The lowest BCUT2D eigenvalue weighted by Crippen LogP contribution is -2.51. The predicted octanol–water partition coefficient (Wildman–Crippen LogP) is 1.17. The van der Waals surface area contributed by atoms with Crippen molar-refractivity contribution in [2.75, 3.05) is 12.8 Å². The van der Waals surface area contributed by atoms with Crippen molar-refractivity contribution >= 4 is 11.6 Å². The van der Waals surface area contributed by atoms with Crippen LogP contribution in [-0.4, -0.2) is 29.8 Å². The summed E-state index contributed by atoms with van der Waals surface area (Å²) in [6, 6.07) is 4.85. The molecule has 0 aliphatic carbocycles. The highest BCUT2D eigenvalue weighted by Crippen LogP contribution is 2.22. The topological polar surface area (TPSA) is 84.6 Å². The van der Waals surface area contributed by atoms with Gasteiger partial charge in [-0.3, -0.25) is 4.79 Å². The standard InChI is InChI=1S/C13H20N2O3/c1-8(16)13(2,3)15-12(17)10-7-9(14)5-6-11(10)18-4/h5-8,16H,14H2,1-4H3,(H,15,17). The molecule has 0 saturated carbocycles. The highest BCUT2D eigenvalue weighted by molar-refractivity contribution is 5.98. The monoisotopic (exact) mass is 252 g/mol. The molecule has 5 nitrogen and oxygen atoms in total. The van der Waals surface area contributed by atoms with Crippen molar-refractivity contribution in [2.45, 2.75) is 32.4 Å². The number of nitrogen functional groups attached to an aromatic ring is 1. The lowest BCUT2D eigenvalue weighted by atomic mass is 9.98. The largest absolute Gasteiger partial charge is 0.496 e. The van der Waals surface area contributed by atoms with Gasteiger partial charge >= 0.3 is 0 Å². The molecule has 5 heteroatoms. The molecular formula is C13H20N2O3. The number of amides is 1. The number of carbonyl (C=O) groups excluding carboxylic acids is 1. The smallest absolute Gasteiger partial charge is 0.255 e. The van der Waals surface area contributed by atoms with Crippen LogP contribution in [0.15, 0.2) is 18.2 Å². The fraction of sp³-hybridized carbons (Fsp3) is 0.462. The van der Waals surface area contributed by atoms with Gasteiger partial charge in [0.2, 0.25) is 0 Å². The number of hydrogen-bond acceptors (Lipinski definition) is 4. The molecule has 1 atom stereocenters. The number of aliphatic hydroxyl groups excluding tert-OH is 1. The maximum Gasteiger partial charge on any atom is 0.255 e. The molecular weight excluding hydrogens is 232 g/mol. The predicted molar refractivity (Wildman–Crippen MR) is 70.6 cm³/mol. The number of ether oxygens (including phenoxy) is 1. The second-order valence-electron chi connectivity index (χ2n) is 4.81. The van der Waals surface area contributed by atoms with Crippen LogP contribution in [0.25, 0.3) is 0 Å². The van der Waals surface area contributed by atoms with E-state index in [0.717, 1.165) is 0 Å². The van der Waals surface area contributed by atoms with Gasteiger partial charge < -0.3 is 20.9 Å². The van der Waals surface area contributed by atoms with Crippen LogP contribution in [0.5, 0.6) is 5.75 Å². The van der Waals surface area contributed by atoms with Crippen molar-refractivity contribution in [3.63, 3.8) is 0 Å². The first-order valence-corrected chi connectivity index (χ1v) is 5.72. The van der Waals surface area contributed by atoms with E-state index in [1.807, 2.05) is 0 Å². The van der Waals surface area contributed by atoms with Crippen molar-refractivity contribution in [3.8, 4) is 5.75 Å². The second-order valence-corrected chi connectivity index (χ2v) is 4.81. The van der Waals surface area contributed by atoms with E-state index in [0.29, 0.717) is 17.0 Å². The molecule has 0 saturated heterocycles. The zero-order chi connectivity index (χ0) is 13.9. The van der Waals surface area contributed by atoms with Crippen LogP contribution in [0.3, 0.4) is 0 Å². The third kappa shape index (κ3) is 3.13. The molecule has 0 aliphatic rings. The van der Waals surface area contributed by atoms with Crippen molar-refractivity contribution in [1.29, 1.82) is 0 Å². The summed E-state index contributed by atoms with van der Waals surface area (Å²) in [6.45, 7) is 5.11. The highest BCUT2D eigenvalue weighted by atomic mass is 16.5. The maximum absolute atomic E-state index is 12.1. The number of rotatable bonds is 4. The lowest BCUT2D eigenvalue weighted by molar-refractivity contribution is 0.0707. The molecule has 1 amide bonds. The summed E-state index contributed by atoms with van der Waals surface area (Å²) < 4.78 is 5.12. The van der Waals surface area contributed by atoms with Crippen molar-refractivity contribution in [2.24, 2.45) is 0 Å². The Balaban J connectivity index is 3.01. The van der Waals surface area contributed by atoms with E-state index in [9.17, 15) is 9.90 Å². The molecule has 0 heterocycles. The Morgan fingerprint density at radius 3 is 2.61 bits per heavy atom. The minimum atomic E-state index is -0.729. The van der Waals surface area contributed by atoms with Crippen molar-refractivity contribution < 1.29 is 14.6 Å². The van der Waals surface area contributed by atoms with Crippen LogP contribution in [0, 0.1) is 0 Å². The fourth-order valence-corrected chi connectivity index (χ4v) is 1.37. The van der Waals surface area contributed by atoms with Crippen LogP contribution in [0.4, 0.5) is 5.69 Å². The van der Waals surface area contributed by atoms with E-state index in [-0.39, 0.29) is 5.91 Å². The average Bonchev–Trinajstić information content (AvgIpc) is 2.28. The first kappa shape index (κ1) is 14.3. The van der Waals surface area contributed by atoms with E-state index in [4.69, 9.17) is 10.5 Å².